The van der Waals surface area contributed by atoms with E-state index in [-0.39, 0.29) is 6.10 Å². The van der Waals surface area contributed by atoms with Gasteiger partial charge in [-0.25, -0.2) is 4.98 Å². The molecule has 0 saturated heterocycles. The van der Waals surface area contributed by atoms with Gasteiger partial charge in [0.05, 0.1) is 6.10 Å². The SMILES string of the molecule is CN(CCc1ccc2ncoc2c1)CC(O)CCN. The van der Waals surface area contributed by atoms with Crippen molar-refractivity contribution in [1.82, 2.24) is 9.88 Å². The number of hydrogen-bond acceptors (Lipinski definition) is 5. The number of hydrogen-bond donors (Lipinski definition) is 2. The molecule has 0 radical (unpaired) electrons. The molecule has 1 aromatic heterocycles. The molecular weight excluding hydrogens is 242 g/mol. The first-order valence-corrected chi connectivity index (χ1v) is 6.58. The summed E-state index contributed by atoms with van der Waals surface area (Å²) in [5, 5.41) is 9.69. The summed E-state index contributed by atoms with van der Waals surface area (Å²) in [6.45, 7) is 2.07. The van der Waals surface area contributed by atoms with E-state index in [2.05, 4.69) is 16.0 Å². The van der Waals surface area contributed by atoms with Gasteiger partial charge in [0, 0.05) is 13.1 Å². The third-order valence-corrected chi connectivity index (χ3v) is 3.20. The van der Waals surface area contributed by atoms with Gasteiger partial charge in [-0.3, -0.25) is 0 Å². The Labute approximate surface area is 113 Å². The van der Waals surface area contributed by atoms with Crippen LogP contribution in [0.5, 0.6) is 0 Å². The van der Waals surface area contributed by atoms with Crippen LogP contribution in [0.1, 0.15) is 12.0 Å². The second-order valence-electron chi connectivity index (χ2n) is 4.90. The van der Waals surface area contributed by atoms with E-state index < -0.39 is 0 Å². The standard InChI is InChI=1S/C14H21N3O2/c1-17(9-12(18)4-6-15)7-5-11-2-3-13-14(8-11)19-10-16-13/h2-3,8,10,12,18H,4-7,9,15H2,1H3. The van der Waals surface area contributed by atoms with Crippen molar-refractivity contribution in [3.8, 4) is 0 Å². The Hall–Kier alpha value is -1.43. The van der Waals surface area contributed by atoms with E-state index >= 15 is 0 Å². The molecule has 0 amide bonds. The Bertz CT molecular complexity index is 512. The number of nitrogens with zero attached hydrogens (tertiary/aromatic N) is 2. The number of rotatable bonds is 7. The van der Waals surface area contributed by atoms with Gasteiger partial charge in [-0.05, 0) is 44.1 Å². The van der Waals surface area contributed by atoms with E-state index in [4.69, 9.17) is 10.2 Å². The van der Waals surface area contributed by atoms with Gasteiger partial charge in [-0.1, -0.05) is 6.07 Å². The molecule has 0 aliphatic heterocycles. The van der Waals surface area contributed by atoms with Crippen LogP contribution in [0, 0.1) is 0 Å². The quantitative estimate of drug-likeness (QED) is 0.780. The summed E-state index contributed by atoms with van der Waals surface area (Å²) >= 11 is 0. The molecule has 3 N–H and O–H groups in total. The lowest BCUT2D eigenvalue weighted by Crippen LogP contribution is -2.32. The molecule has 2 rings (SSSR count). The maximum Gasteiger partial charge on any atom is 0.181 e. The predicted octanol–water partition coefficient (Wildman–Crippen LogP) is 1.01. The Kier molecular flexibility index (Phi) is 4.90. The number of oxazole rings is 1. The van der Waals surface area contributed by atoms with Crippen molar-refractivity contribution in [3.63, 3.8) is 0 Å². The Morgan fingerprint density at radius 3 is 3.11 bits per heavy atom. The van der Waals surface area contributed by atoms with Gasteiger partial charge in [0.15, 0.2) is 12.0 Å². The maximum absolute atomic E-state index is 9.69. The van der Waals surface area contributed by atoms with E-state index in [1.165, 1.54) is 12.0 Å². The average molecular weight is 263 g/mol. The fourth-order valence-corrected chi connectivity index (χ4v) is 2.11. The van der Waals surface area contributed by atoms with Crippen LogP contribution in [0.25, 0.3) is 11.1 Å². The molecule has 5 nitrogen and oxygen atoms in total. The van der Waals surface area contributed by atoms with Gasteiger partial charge in [-0.15, -0.1) is 0 Å². The minimum absolute atomic E-state index is 0.341. The molecule has 104 valence electrons. The van der Waals surface area contributed by atoms with E-state index in [1.54, 1.807) is 0 Å². The summed E-state index contributed by atoms with van der Waals surface area (Å²) in [7, 11) is 2.01. The van der Waals surface area contributed by atoms with Gasteiger partial charge in [-0.2, -0.15) is 0 Å². The summed E-state index contributed by atoms with van der Waals surface area (Å²) in [6, 6.07) is 6.05. The number of likely N-dealkylation sites (N-methyl/N-ethyl adjacent to an activating group) is 1. The molecule has 2 aromatic rings. The molecule has 0 saturated carbocycles. The molecule has 0 fully saturated rings. The first-order chi connectivity index (χ1) is 9.19. The minimum atomic E-state index is -0.341. The lowest BCUT2D eigenvalue weighted by molar-refractivity contribution is 0.120. The Morgan fingerprint density at radius 2 is 2.32 bits per heavy atom. The normalized spacial score (nSPS) is 13.3. The molecule has 1 heterocycles. The molecule has 5 heteroatoms. The summed E-state index contributed by atoms with van der Waals surface area (Å²) in [5.41, 5.74) is 8.34. The van der Waals surface area contributed by atoms with Crippen LogP contribution in [0.2, 0.25) is 0 Å². The van der Waals surface area contributed by atoms with Crippen molar-refractivity contribution < 1.29 is 9.52 Å². The van der Waals surface area contributed by atoms with Crippen LogP contribution in [0.3, 0.4) is 0 Å². The molecule has 0 aliphatic carbocycles. The third kappa shape index (κ3) is 4.02. The second kappa shape index (κ2) is 6.65. The van der Waals surface area contributed by atoms with Gasteiger partial charge in [0.1, 0.15) is 5.52 Å². The lowest BCUT2D eigenvalue weighted by atomic mass is 10.1. The highest BCUT2D eigenvalue weighted by molar-refractivity contribution is 5.72. The van der Waals surface area contributed by atoms with Crippen molar-refractivity contribution in [2.75, 3.05) is 26.7 Å². The van der Waals surface area contributed by atoms with Gasteiger partial charge in [0.2, 0.25) is 0 Å². The second-order valence-corrected chi connectivity index (χ2v) is 4.90. The lowest BCUT2D eigenvalue weighted by Gasteiger charge is -2.20. The zero-order valence-corrected chi connectivity index (χ0v) is 11.2. The van der Waals surface area contributed by atoms with Gasteiger partial charge >= 0.3 is 0 Å². The zero-order chi connectivity index (χ0) is 13.7. The molecule has 1 unspecified atom stereocenters. The van der Waals surface area contributed by atoms with Crippen LogP contribution in [0.4, 0.5) is 0 Å². The largest absolute Gasteiger partial charge is 0.443 e. The number of benzene rings is 1. The van der Waals surface area contributed by atoms with Gasteiger partial charge < -0.3 is 20.2 Å². The van der Waals surface area contributed by atoms with Crippen molar-refractivity contribution >= 4 is 11.1 Å². The van der Waals surface area contributed by atoms with Crippen LogP contribution < -0.4 is 5.73 Å². The number of aromatic nitrogens is 1. The van der Waals surface area contributed by atoms with E-state index in [9.17, 15) is 5.11 Å². The zero-order valence-electron chi connectivity index (χ0n) is 11.2. The summed E-state index contributed by atoms with van der Waals surface area (Å²) in [5.74, 6) is 0. The highest BCUT2D eigenvalue weighted by atomic mass is 16.3. The summed E-state index contributed by atoms with van der Waals surface area (Å²) in [6.07, 6.45) is 2.69. The molecule has 0 aliphatic rings. The van der Waals surface area contributed by atoms with E-state index in [0.29, 0.717) is 19.5 Å². The monoisotopic (exact) mass is 263 g/mol. The van der Waals surface area contributed by atoms with Gasteiger partial charge in [0.25, 0.3) is 0 Å². The van der Waals surface area contributed by atoms with Crippen LogP contribution >= 0.6 is 0 Å². The average Bonchev–Trinajstić information content (AvgIpc) is 2.83. The van der Waals surface area contributed by atoms with Crippen LogP contribution in [-0.4, -0.2) is 47.8 Å². The summed E-state index contributed by atoms with van der Waals surface area (Å²) in [4.78, 5) is 6.21. The molecule has 0 bridgehead atoms. The highest BCUT2D eigenvalue weighted by Crippen LogP contribution is 2.14. The van der Waals surface area contributed by atoms with Crippen molar-refractivity contribution in [3.05, 3.63) is 30.2 Å². The van der Waals surface area contributed by atoms with Crippen LogP contribution in [0.15, 0.2) is 29.0 Å². The first-order valence-electron chi connectivity index (χ1n) is 6.58. The molecule has 1 atom stereocenters. The maximum atomic E-state index is 9.69. The van der Waals surface area contributed by atoms with Crippen molar-refractivity contribution in [2.45, 2.75) is 18.9 Å². The van der Waals surface area contributed by atoms with Crippen LogP contribution in [-0.2, 0) is 6.42 Å². The summed E-state index contributed by atoms with van der Waals surface area (Å²) < 4.78 is 5.28. The fourth-order valence-electron chi connectivity index (χ4n) is 2.11. The molecule has 0 spiro atoms. The Morgan fingerprint density at radius 1 is 1.47 bits per heavy atom. The number of fused-ring (bicyclic) bond motifs is 1. The topological polar surface area (TPSA) is 75.5 Å². The Balaban J connectivity index is 1.84. The minimum Gasteiger partial charge on any atom is -0.443 e. The number of aliphatic hydroxyl groups is 1. The number of aliphatic hydroxyl groups excluding tert-OH is 1. The number of nitrogens with two attached hydrogens (primary N) is 1. The van der Waals surface area contributed by atoms with Crippen molar-refractivity contribution in [1.29, 1.82) is 0 Å². The highest BCUT2D eigenvalue weighted by Gasteiger charge is 2.08. The first kappa shape index (κ1) is 14.0. The van der Waals surface area contributed by atoms with E-state index in [0.717, 1.165) is 24.1 Å². The predicted molar refractivity (Wildman–Crippen MR) is 74.9 cm³/mol. The molecular formula is C14H21N3O2. The smallest absolute Gasteiger partial charge is 0.181 e. The van der Waals surface area contributed by atoms with Crippen molar-refractivity contribution in [2.24, 2.45) is 5.73 Å². The van der Waals surface area contributed by atoms with E-state index in [1.807, 2.05) is 19.2 Å². The molecule has 1 aromatic carbocycles. The molecule has 19 heavy (non-hydrogen) atoms. The third-order valence-electron chi connectivity index (χ3n) is 3.20. The fraction of sp³-hybridized carbons (Fsp3) is 0.500.